The number of carbonyl (C=O) groups excluding carboxylic acids is 5. The van der Waals surface area contributed by atoms with Crippen LogP contribution in [0.5, 0.6) is 0 Å². The van der Waals surface area contributed by atoms with Gasteiger partial charge in [0, 0.05) is 6.54 Å². The average Bonchev–Trinajstić information content (AvgIpc) is 2.80. The minimum Gasteiger partial charge on any atom is -0.465 e. The van der Waals surface area contributed by atoms with Crippen LogP contribution in [0.1, 0.15) is 10.4 Å². The molecule has 0 aromatic heterocycles. The van der Waals surface area contributed by atoms with E-state index in [-0.39, 0.29) is 17.8 Å². The largest absolute Gasteiger partial charge is 0.465 e. The Morgan fingerprint density at radius 2 is 1.80 bits per heavy atom. The molecule has 5 amide bonds. The van der Waals surface area contributed by atoms with Gasteiger partial charge in [0.25, 0.3) is 0 Å². The number of methoxy groups -OCH3 is 1. The molecule has 2 rings (SSSR count). The van der Waals surface area contributed by atoms with Gasteiger partial charge < -0.3 is 10.1 Å². The number of benzene rings is 1. The predicted octanol–water partition coefficient (Wildman–Crippen LogP) is 0.388. The Morgan fingerprint density at radius 1 is 1.16 bits per heavy atom. The van der Waals surface area contributed by atoms with Crippen molar-refractivity contribution >= 4 is 35.4 Å². The standard InChI is InChI=1S/C16H15N3O6/c1-3-8-18-13(21)14(22)19(16(18)24)9-12(20)17-11-7-5-4-6-10(11)15(23)25-2/h3-7H,1,8-9H2,2H3,(H,17,20). The Kier molecular flexibility index (Phi) is 5.28. The van der Waals surface area contributed by atoms with Crippen molar-refractivity contribution in [1.29, 1.82) is 0 Å². The summed E-state index contributed by atoms with van der Waals surface area (Å²) in [4.78, 5) is 60.6. The molecule has 0 spiro atoms. The Labute approximate surface area is 142 Å². The van der Waals surface area contributed by atoms with Gasteiger partial charge in [-0.05, 0) is 12.1 Å². The van der Waals surface area contributed by atoms with E-state index in [4.69, 9.17) is 0 Å². The molecule has 1 heterocycles. The molecule has 25 heavy (non-hydrogen) atoms. The maximum atomic E-state index is 12.1. The number of urea groups is 1. The van der Waals surface area contributed by atoms with Gasteiger partial charge in [0.2, 0.25) is 5.91 Å². The number of rotatable bonds is 6. The second-order valence-corrected chi connectivity index (χ2v) is 4.96. The lowest BCUT2D eigenvalue weighted by molar-refractivity contribution is -0.143. The zero-order chi connectivity index (χ0) is 18.6. The first-order valence-electron chi connectivity index (χ1n) is 7.16. The van der Waals surface area contributed by atoms with Crippen molar-refractivity contribution in [2.45, 2.75) is 0 Å². The van der Waals surface area contributed by atoms with E-state index in [0.29, 0.717) is 9.80 Å². The molecule has 1 aliphatic rings. The number of hydrogen-bond acceptors (Lipinski definition) is 6. The lowest BCUT2D eigenvalue weighted by atomic mass is 10.2. The van der Waals surface area contributed by atoms with Crippen LogP contribution in [0.15, 0.2) is 36.9 Å². The number of nitrogens with zero attached hydrogens (tertiary/aromatic N) is 2. The second kappa shape index (κ2) is 7.39. The molecule has 0 unspecified atom stereocenters. The molecule has 9 heteroatoms. The van der Waals surface area contributed by atoms with Crippen molar-refractivity contribution in [3.8, 4) is 0 Å². The molecule has 9 nitrogen and oxygen atoms in total. The third kappa shape index (κ3) is 3.55. The molecule has 1 saturated heterocycles. The van der Waals surface area contributed by atoms with Crippen molar-refractivity contribution in [1.82, 2.24) is 9.80 Å². The van der Waals surface area contributed by atoms with Crippen molar-refractivity contribution in [3.05, 3.63) is 42.5 Å². The minimum atomic E-state index is -1.09. The van der Waals surface area contributed by atoms with Gasteiger partial charge in [-0.3, -0.25) is 19.3 Å². The summed E-state index contributed by atoms with van der Waals surface area (Å²) in [5.41, 5.74) is 0.273. The molecule has 0 aliphatic carbocycles. The van der Waals surface area contributed by atoms with Crippen LogP contribution >= 0.6 is 0 Å². The summed E-state index contributed by atoms with van der Waals surface area (Å²) in [6.45, 7) is 2.60. The SMILES string of the molecule is C=CCN1C(=O)C(=O)N(CC(=O)Nc2ccccc2C(=O)OC)C1=O. The normalized spacial score (nSPS) is 13.9. The number of ether oxygens (including phenoxy) is 1. The summed E-state index contributed by atoms with van der Waals surface area (Å²) in [5, 5.41) is 2.42. The summed E-state index contributed by atoms with van der Waals surface area (Å²) in [6.07, 6.45) is 1.29. The van der Waals surface area contributed by atoms with Crippen LogP contribution in [-0.4, -0.2) is 59.7 Å². The van der Waals surface area contributed by atoms with Gasteiger partial charge in [0.1, 0.15) is 6.54 Å². The molecular weight excluding hydrogens is 330 g/mol. The van der Waals surface area contributed by atoms with E-state index in [1.165, 1.54) is 25.3 Å². The van der Waals surface area contributed by atoms with E-state index in [1.54, 1.807) is 12.1 Å². The van der Waals surface area contributed by atoms with Crippen LogP contribution in [0.25, 0.3) is 0 Å². The highest BCUT2D eigenvalue weighted by Gasteiger charge is 2.44. The number of imide groups is 2. The maximum Gasteiger partial charge on any atom is 0.339 e. The van der Waals surface area contributed by atoms with Crippen molar-refractivity contribution in [2.24, 2.45) is 0 Å². The Morgan fingerprint density at radius 3 is 2.44 bits per heavy atom. The van der Waals surface area contributed by atoms with Crippen LogP contribution in [0, 0.1) is 0 Å². The molecule has 0 radical (unpaired) electrons. The number of nitrogens with one attached hydrogen (secondary N) is 1. The first kappa shape index (κ1) is 17.9. The van der Waals surface area contributed by atoms with Crippen LogP contribution in [0.4, 0.5) is 10.5 Å². The predicted molar refractivity (Wildman–Crippen MR) is 85.4 cm³/mol. The molecule has 0 saturated carbocycles. The lowest BCUT2D eigenvalue weighted by Crippen LogP contribution is -2.39. The summed E-state index contributed by atoms with van der Waals surface area (Å²) >= 11 is 0. The van der Waals surface area contributed by atoms with Gasteiger partial charge in [-0.15, -0.1) is 6.58 Å². The van der Waals surface area contributed by atoms with Gasteiger partial charge in [-0.2, -0.15) is 0 Å². The zero-order valence-corrected chi connectivity index (χ0v) is 13.4. The third-order valence-corrected chi connectivity index (χ3v) is 3.35. The van der Waals surface area contributed by atoms with Gasteiger partial charge >= 0.3 is 23.8 Å². The average molecular weight is 345 g/mol. The van der Waals surface area contributed by atoms with E-state index < -0.39 is 36.3 Å². The topological polar surface area (TPSA) is 113 Å². The molecular formula is C16H15N3O6. The monoisotopic (exact) mass is 345 g/mol. The third-order valence-electron chi connectivity index (χ3n) is 3.35. The fraction of sp³-hybridized carbons (Fsp3) is 0.188. The smallest absolute Gasteiger partial charge is 0.339 e. The first-order valence-corrected chi connectivity index (χ1v) is 7.16. The zero-order valence-electron chi connectivity index (χ0n) is 13.4. The van der Waals surface area contributed by atoms with Crippen molar-refractivity contribution in [2.75, 3.05) is 25.5 Å². The van der Waals surface area contributed by atoms with Gasteiger partial charge in [0.15, 0.2) is 0 Å². The van der Waals surface area contributed by atoms with Gasteiger partial charge in [-0.25, -0.2) is 14.5 Å². The van der Waals surface area contributed by atoms with E-state index in [0.717, 1.165) is 0 Å². The summed E-state index contributed by atoms with van der Waals surface area (Å²) in [6, 6.07) is 5.19. The minimum absolute atomic E-state index is 0.113. The van der Waals surface area contributed by atoms with Crippen LogP contribution in [0.2, 0.25) is 0 Å². The first-order chi connectivity index (χ1) is 11.9. The fourth-order valence-electron chi connectivity index (χ4n) is 2.19. The van der Waals surface area contributed by atoms with Gasteiger partial charge in [-0.1, -0.05) is 18.2 Å². The fourth-order valence-corrected chi connectivity index (χ4v) is 2.19. The molecule has 130 valence electrons. The van der Waals surface area contributed by atoms with E-state index in [2.05, 4.69) is 16.6 Å². The van der Waals surface area contributed by atoms with Crippen LogP contribution in [-0.2, 0) is 19.1 Å². The van der Waals surface area contributed by atoms with Crippen molar-refractivity contribution in [3.63, 3.8) is 0 Å². The molecule has 1 aliphatic heterocycles. The number of hydrogen-bond donors (Lipinski definition) is 1. The number of amides is 5. The lowest BCUT2D eigenvalue weighted by Gasteiger charge is -2.15. The van der Waals surface area contributed by atoms with Crippen LogP contribution < -0.4 is 5.32 Å². The summed E-state index contributed by atoms with van der Waals surface area (Å²) in [5.74, 6) is -3.52. The molecule has 1 aromatic rings. The number of carbonyl (C=O) groups is 5. The highest BCUT2D eigenvalue weighted by Crippen LogP contribution is 2.17. The van der Waals surface area contributed by atoms with Crippen LogP contribution in [0.3, 0.4) is 0 Å². The summed E-state index contributed by atoms with van der Waals surface area (Å²) in [7, 11) is 1.20. The Balaban J connectivity index is 2.12. The number of anilines is 1. The Bertz CT molecular complexity index is 773. The quantitative estimate of drug-likeness (QED) is 0.345. The van der Waals surface area contributed by atoms with E-state index in [9.17, 15) is 24.0 Å². The summed E-state index contributed by atoms with van der Waals surface area (Å²) < 4.78 is 4.61. The second-order valence-electron chi connectivity index (χ2n) is 4.96. The molecule has 1 aromatic carbocycles. The highest BCUT2D eigenvalue weighted by molar-refractivity contribution is 6.45. The maximum absolute atomic E-state index is 12.1. The molecule has 1 N–H and O–H groups in total. The molecule has 1 fully saturated rings. The Hall–Kier alpha value is -3.49. The molecule has 0 bridgehead atoms. The van der Waals surface area contributed by atoms with E-state index in [1.807, 2.05) is 0 Å². The highest BCUT2D eigenvalue weighted by atomic mass is 16.5. The van der Waals surface area contributed by atoms with E-state index >= 15 is 0 Å². The molecule has 0 atom stereocenters. The number of esters is 1. The van der Waals surface area contributed by atoms with Crippen molar-refractivity contribution < 1.29 is 28.7 Å². The number of para-hydroxylation sites is 1. The van der Waals surface area contributed by atoms with Gasteiger partial charge in [0.05, 0.1) is 18.4 Å².